The van der Waals surface area contributed by atoms with Gasteiger partial charge in [-0.2, -0.15) is 5.06 Å². The molecular weight excluding hydrogens is 234 g/mol. The Kier molecular flexibility index (Phi) is 2.19. The fourth-order valence-corrected chi connectivity index (χ4v) is 5.61. The molecule has 6 atom stereocenters. The molecule has 0 amide bonds. The van der Waals surface area contributed by atoms with Gasteiger partial charge in [-0.05, 0) is 49.0 Å². The van der Waals surface area contributed by atoms with E-state index in [-0.39, 0.29) is 0 Å². The van der Waals surface area contributed by atoms with Crippen LogP contribution in [0.1, 0.15) is 31.2 Å². The largest absolute Gasteiger partial charge is 0.295 e. The highest BCUT2D eigenvalue weighted by Crippen LogP contribution is 2.60. The molecule has 3 saturated carbocycles. The van der Waals surface area contributed by atoms with Crippen molar-refractivity contribution in [3.63, 3.8) is 0 Å². The van der Waals surface area contributed by atoms with E-state index in [9.17, 15) is 0 Å². The smallest absolute Gasteiger partial charge is 0.0842 e. The van der Waals surface area contributed by atoms with Gasteiger partial charge in [-0.3, -0.25) is 4.84 Å². The predicted octanol–water partition coefficient (Wildman–Crippen LogP) is 3.24. The summed E-state index contributed by atoms with van der Waals surface area (Å²) in [6, 6.07) is 11.5. The maximum absolute atomic E-state index is 6.34. The molecule has 0 N–H and O–H groups in total. The molecular formula is C17H21NO. The molecule has 1 aliphatic heterocycles. The lowest BCUT2D eigenvalue weighted by molar-refractivity contribution is -0.196. The van der Waals surface area contributed by atoms with Gasteiger partial charge in [0.2, 0.25) is 0 Å². The van der Waals surface area contributed by atoms with Gasteiger partial charge in [0.15, 0.2) is 0 Å². The zero-order chi connectivity index (χ0) is 12.4. The number of nitrogens with zero attached hydrogens (tertiary/aromatic N) is 1. The summed E-state index contributed by atoms with van der Waals surface area (Å²) in [6.07, 6.45) is 6.33. The summed E-state index contributed by atoms with van der Waals surface area (Å²) in [5.41, 5.74) is 1.39. The standard InChI is InChI=1S/C17H21NO/c1-2-4-11(5-3-1)10-18-17-14-7-12-6-13(9-14)16(17)15(8-12)19-18/h1-5,12-17H,6-10H2. The highest BCUT2D eigenvalue weighted by molar-refractivity contribution is 5.16. The first-order valence-electron chi connectivity index (χ1n) is 7.86. The van der Waals surface area contributed by atoms with Crippen LogP contribution in [0.3, 0.4) is 0 Å². The first-order valence-corrected chi connectivity index (χ1v) is 7.86. The lowest BCUT2D eigenvalue weighted by atomic mass is 9.71. The molecule has 2 heteroatoms. The van der Waals surface area contributed by atoms with Crippen LogP contribution >= 0.6 is 0 Å². The van der Waals surface area contributed by atoms with E-state index in [4.69, 9.17) is 4.84 Å². The second kappa shape index (κ2) is 3.83. The Bertz CT molecular complexity index is 483. The highest BCUT2D eigenvalue weighted by atomic mass is 16.7. The maximum atomic E-state index is 6.34. The summed E-state index contributed by atoms with van der Waals surface area (Å²) in [4.78, 5) is 6.34. The van der Waals surface area contributed by atoms with Crippen molar-refractivity contribution in [2.75, 3.05) is 0 Å². The van der Waals surface area contributed by atoms with Crippen molar-refractivity contribution >= 4 is 0 Å². The number of rotatable bonds is 2. The minimum atomic E-state index is 0.546. The third-order valence-electron chi connectivity index (χ3n) is 6.08. The summed E-state index contributed by atoms with van der Waals surface area (Å²) < 4.78 is 0. The van der Waals surface area contributed by atoms with Crippen molar-refractivity contribution in [2.24, 2.45) is 23.7 Å². The lowest BCUT2D eigenvalue weighted by Gasteiger charge is -2.38. The van der Waals surface area contributed by atoms with E-state index in [0.29, 0.717) is 6.10 Å². The van der Waals surface area contributed by atoms with E-state index in [0.717, 1.165) is 36.3 Å². The number of hydrogen-bond acceptors (Lipinski definition) is 2. The van der Waals surface area contributed by atoms with Gasteiger partial charge >= 0.3 is 0 Å². The Balaban J connectivity index is 1.45. The van der Waals surface area contributed by atoms with Gasteiger partial charge in [-0.1, -0.05) is 30.3 Å². The van der Waals surface area contributed by atoms with Gasteiger partial charge in [0, 0.05) is 18.5 Å². The van der Waals surface area contributed by atoms with Gasteiger partial charge in [-0.25, -0.2) is 0 Å². The zero-order valence-corrected chi connectivity index (χ0v) is 11.2. The first-order chi connectivity index (χ1) is 9.38. The molecule has 1 heterocycles. The van der Waals surface area contributed by atoms with Crippen molar-refractivity contribution in [2.45, 2.75) is 44.4 Å². The molecule has 1 saturated heterocycles. The topological polar surface area (TPSA) is 12.5 Å². The molecule has 2 nitrogen and oxygen atoms in total. The van der Waals surface area contributed by atoms with Crippen LogP contribution in [0.4, 0.5) is 0 Å². The predicted molar refractivity (Wildman–Crippen MR) is 73.1 cm³/mol. The van der Waals surface area contributed by atoms with Gasteiger partial charge < -0.3 is 0 Å². The van der Waals surface area contributed by atoms with E-state index in [1.807, 2.05) is 0 Å². The average molecular weight is 255 g/mol. The average Bonchev–Trinajstić information content (AvgIpc) is 2.86. The molecule has 19 heavy (non-hydrogen) atoms. The van der Waals surface area contributed by atoms with Crippen LogP contribution in [0.5, 0.6) is 0 Å². The molecule has 0 aromatic heterocycles. The van der Waals surface area contributed by atoms with Crippen LogP contribution in [0.15, 0.2) is 30.3 Å². The van der Waals surface area contributed by atoms with E-state index >= 15 is 0 Å². The summed E-state index contributed by atoms with van der Waals surface area (Å²) in [6.45, 7) is 0.979. The van der Waals surface area contributed by atoms with Crippen LogP contribution in [0.2, 0.25) is 0 Å². The molecule has 0 radical (unpaired) electrons. The van der Waals surface area contributed by atoms with Crippen molar-refractivity contribution in [3.8, 4) is 0 Å². The third kappa shape index (κ3) is 1.50. The van der Waals surface area contributed by atoms with Crippen molar-refractivity contribution in [1.82, 2.24) is 5.06 Å². The third-order valence-corrected chi connectivity index (χ3v) is 6.08. The fraction of sp³-hybridized carbons (Fsp3) is 0.647. The summed E-state index contributed by atoms with van der Waals surface area (Å²) in [5, 5.41) is 2.36. The van der Waals surface area contributed by atoms with Crippen LogP contribution in [0.25, 0.3) is 0 Å². The normalized spacial score (nSPS) is 46.9. The number of fused-ring (bicyclic) bond motifs is 3. The Labute approximate surface area is 114 Å². The van der Waals surface area contributed by atoms with E-state index < -0.39 is 0 Å². The van der Waals surface area contributed by atoms with E-state index in [1.54, 1.807) is 0 Å². The highest BCUT2D eigenvalue weighted by Gasteiger charge is 2.61. The Morgan fingerprint density at radius 2 is 1.84 bits per heavy atom. The molecule has 1 aromatic rings. The fourth-order valence-electron chi connectivity index (χ4n) is 5.61. The Morgan fingerprint density at radius 3 is 2.74 bits per heavy atom. The summed E-state index contributed by atoms with van der Waals surface area (Å²) in [7, 11) is 0. The zero-order valence-electron chi connectivity index (χ0n) is 11.2. The van der Waals surface area contributed by atoms with Crippen LogP contribution in [-0.4, -0.2) is 17.2 Å². The second-order valence-electron chi connectivity index (χ2n) is 7.10. The molecule has 100 valence electrons. The van der Waals surface area contributed by atoms with Crippen molar-refractivity contribution in [3.05, 3.63) is 35.9 Å². The van der Waals surface area contributed by atoms with Crippen LogP contribution in [0, 0.1) is 23.7 Å². The second-order valence-corrected chi connectivity index (χ2v) is 7.10. The van der Waals surface area contributed by atoms with E-state index in [1.165, 1.54) is 31.2 Å². The molecule has 5 rings (SSSR count). The molecule has 4 fully saturated rings. The van der Waals surface area contributed by atoms with Gasteiger partial charge in [0.1, 0.15) is 0 Å². The summed E-state index contributed by atoms with van der Waals surface area (Å²) >= 11 is 0. The lowest BCUT2D eigenvalue weighted by Crippen LogP contribution is -2.35. The molecule has 3 aliphatic carbocycles. The molecule has 0 spiro atoms. The van der Waals surface area contributed by atoms with Crippen LogP contribution < -0.4 is 0 Å². The van der Waals surface area contributed by atoms with Gasteiger partial charge in [-0.15, -0.1) is 0 Å². The molecule has 6 unspecified atom stereocenters. The summed E-state index contributed by atoms with van der Waals surface area (Å²) in [5.74, 6) is 3.74. The Hall–Kier alpha value is -0.860. The quantitative estimate of drug-likeness (QED) is 0.804. The SMILES string of the molecule is c1ccc(CN2OC3CC4CC5CC(C4)C2C53)cc1. The molecule has 1 aromatic carbocycles. The number of hydroxylamine groups is 2. The maximum Gasteiger partial charge on any atom is 0.0842 e. The molecule has 4 aliphatic rings. The minimum Gasteiger partial charge on any atom is -0.295 e. The molecule has 3 bridgehead atoms. The number of hydrogen-bond donors (Lipinski definition) is 0. The van der Waals surface area contributed by atoms with Gasteiger partial charge in [0.25, 0.3) is 0 Å². The van der Waals surface area contributed by atoms with E-state index in [2.05, 4.69) is 35.4 Å². The van der Waals surface area contributed by atoms with Crippen LogP contribution in [-0.2, 0) is 11.4 Å². The Morgan fingerprint density at radius 1 is 1.00 bits per heavy atom. The van der Waals surface area contributed by atoms with Gasteiger partial charge in [0.05, 0.1) is 6.10 Å². The minimum absolute atomic E-state index is 0.546. The van der Waals surface area contributed by atoms with Crippen molar-refractivity contribution < 1.29 is 4.84 Å². The first kappa shape index (κ1) is 10.9. The number of benzene rings is 1. The monoisotopic (exact) mass is 255 g/mol. The van der Waals surface area contributed by atoms with Crippen molar-refractivity contribution in [1.29, 1.82) is 0 Å².